The van der Waals surface area contributed by atoms with Gasteiger partial charge < -0.3 is 0 Å². The van der Waals surface area contributed by atoms with Crippen molar-refractivity contribution in [1.29, 1.82) is 0 Å². The standard InChI is InChI=1S/C13H18N2O4S/c1-11-6-7-12(15(16)17)10-13(11)20(18,19)14-8-4-2-3-5-9-14/h6-7,10H,2-5,8-9H2,1H3. The summed E-state index contributed by atoms with van der Waals surface area (Å²) in [6.07, 6.45) is 3.74. The Labute approximate surface area is 118 Å². The molecule has 0 aliphatic carbocycles. The summed E-state index contributed by atoms with van der Waals surface area (Å²) in [6, 6.07) is 3.98. The van der Waals surface area contributed by atoms with Crippen molar-refractivity contribution in [3.63, 3.8) is 0 Å². The molecular weight excluding hydrogens is 280 g/mol. The minimum absolute atomic E-state index is 0.0496. The van der Waals surface area contributed by atoms with Crippen LogP contribution in [0.1, 0.15) is 31.2 Å². The zero-order valence-electron chi connectivity index (χ0n) is 11.4. The number of nitrogens with zero attached hydrogens (tertiary/aromatic N) is 2. The van der Waals surface area contributed by atoms with Gasteiger partial charge in [0.2, 0.25) is 10.0 Å². The van der Waals surface area contributed by atoms with Crippen LogP contribution >= 0.6 is 0 Å². The summed E-state index contributed by atoms with van der Waals surface area (Å²) in [4.78, 5) is 10.3. The molecule has 0 spiro atoms. The fourth-order valence-electron chi connectivity index (χ4n) is 2.40. The van der Waals surface area contributed by atoms with Gasteiger partial charge in [-0.05, 0) is 25.3 Å². The fourth-order valence-corrected chi connectivity index (χ4v) is 4.16. The van der Waals surface area contributed by atoms with Crippen LogP contribution in [0, 0.1) is 17.0 Å². The number of aryl methyl sites for hydroxylation is 1. The third-order valence-electron chi connectivity index (χ3n) is 3.57. The monoisotopic (exact) mass is 298 g/mol. The molecule has 0 N–H and O–H groups in total. The normalized spacial score (nSPS) is 17.6. The number of nitro benzene ring substituents is 1. The fraction of sp³-hybridized carbons (Fsp3) is 0.538. The van der Waals surface area contributed by atoms with Crippen molar-refractivity contribution in [3.05, 3.63) is 33.9 Å². The van der Waals surface area contributed by atoms with E-state index in [1.807, 2.05) is 0 Å². The molecule has 2 rings (SSSR count). The zero-order valence-corrected chi connectivity index (χ0v) is 12.2. The Balaban J connectivity index is 2.42. The highest BCUT2D eigenvalue weighted by molar-refractivity contribution is 7.89. The van der Waals surface area contributed by atoms with Gasteiger partial charge in [0, 0.05) is 25.2 Å². The van der Waals surface area contributed by atoms with Crippen molar-refractivity contribution >= 4 is 15.7 Å². The zero-order chi connectivity index (χ0) is 14.8. The molecule has 1 aliphatic heterocycles. The topological polar surface area (TPSA) is 80.5 Å². The smallest absolute Gasteiger partial charge is 0.258 e. The molecule has 0 bridgehead atoms. The predicted molar refractivity (Wildman–Crippen MR) is 75.1 cm³/mol. The number of nitro groups is 1. The second-order valence-electron chi connectivity index (χ2n) is 5.03. The van der Waals surface area contributed by atoms with Gasteiger partial charge in [-0.25, -0.2) is 8.42 Å². The molecular formula is C13H18N2O4S. The Morgan fingerprint density at radius 3 is 2.30 bits per heavy atom. The van der Waals surface area contributed by atoms with Gasteiger partial charge in [-0.3, -0.25) is 10.1 Å². The van der Waals surface area contributed by atoms with Crippen LogP contribution in [0.2, 0.25) is 0 Å². The molecule has 0 saturated carbocycles. The summed E-state index contributed by atoms with van der Waals surface area (Å²) in [5, 5.41) is 10.8. The average molecular weight is 298 g/mol. The van der Waals surface area contributed by atoms with Crippen molar-refractivity contribution in [2.75, 3.05) is 13.1 Å². The first-order chi connectivity index (χ1) is 9.43. The second-order valence-corrected chi connectivity index (χ2v) is 6.93. The van der Waals surface area contributed by atoms with E-state index in [1.165, 1.54) is 16.4 Å². The number of hydrogen-bond donors (Lipinski definition) is 0. The Hall–Kier alpha value is -1.47. The molecule has 1 saturated heterocycles. The van der Waals surface area contributed by atoms with Gasteiger partial charge in [-0.2, -0.15) is 4.31 Å². The minimum atomic E-state index is -3.64. The molecule has 7 heteroatoms. The largest absolute Gasteiger partial charge is 0.270 e. The number of non-ortho nitro benzene ring substituents is 1. The molecule has 0 aromatic heterocycles. The van der Waals surface area contributed by atoms with E-state index in [-0.39, 0.29) is 10.6 Å². The quantitative estimate of drug-likeness (QED) is 0.634. The van der Waals surface area contributed by atoms with Gasteiger partial charge in [0.05, 0.1) is 9.82 Å². The van der Waals surface area contributed by atoms with Gasteiger partial charge in [-0.15, -0.1) is 0 Å². The lowest BCUT2D eigenvalue weighted by Gasteiger charge is -2.20. The minimum Gasteiger partial charge on any atom is -0.258 e. The first-order valence-electron chi connectivity index (χ1n) is 6.68. The molecule has 0 unspecified atom stereocenters. The second kappa shape index (κ2) is 5.88. The Morgan fingerprint density at radius 2 is 1.75 bits per heavy atom. The number of rotatable bonds is 3. The lowest BCUT2D eigenvalue weighted by Crippen LogP contribution is -2.32. The van der Waals surface area contributed by atoms with E-state index < -0.39 is 14.9 Å². The third kappa shape index (κ3) is 2.99. The first-order valence-corrected chi connectivity index (χ1v) is 8.12. The van der Waals surface area contributed by atoms with Crippen LogP contribution in [0.3, 0.4) is 0 Å². The summed E-state index contributed by atoms with van der Waals surface area (Å²) in [5.74, 6) is 0. The lowest BCUT2D eigenvalue weighted by atomic mass is 10.2. The van der Waals surface area contributed by atoms with Gasteiger partial charge in [0.15, 0.2) is 0 Å². The van der Waals surface area contributed by atoms with Gasteiger partial charge >= 0.3 is 0 Å². The first kappa shape index (κ1) is 14.9. The molecule has 1 fully saturated rings. The summed E-state index contributed by atoms with van der Waals surface area (Å²) < 4.78 is 26.7. The van der Waals surface area contributed by atoms with E-state index in [0.717, 1.165) is 31.7 Å². The predicted octanol–water partition coefficient (Wildman–Crippen LogP) is 2.47. The highest BCUT2D eigenvalue weighted by atomic mass is 32.2. The molecule has 1 aromatic carbocycles. The summed E-state index contributed by atoms with van der Waals surface area (Å²) in [6.45, 7) is 2.64. The summed E-state index contributed by atoms with van der Waals surface area (Å²) >= 11 is 0. The maximum atomic E-state index is 12.6. The van der Waals surface area contributed by atoms with E-state index in [9.17, 15) is 18.5 Å². The average Bonchev–Trinajstić information content (AvgIpc) is 2.68. The van der Waals surface area contributed by atoms with E-state index in [0.29, 0.717) is 18.7 Å². The number of benzene rings is 1. The van der Waals surface area contributed by atoms with E-state index in [1.54, 1.807) is 6.92 Å². The number of hydrogen-bond acceptors (Lipinski definition) is 4. The summed E-state index contributed by atoms with van der Waals surface area (Å²) in [5.41, 5.74) is 0.351. The van der Waals surface area contributed by atoms with E-state index >= 15 is 0 Å². The molecule has 1 heterocycles. The summed E-state index contributed by atoms with van der Waals surface area (Å²) in [7, 11) is -3.64. The highest BCUT2D eigenvalue weighted by Crippen LogP contribution is 2.26. The Bertz CT molecular complexity index is 605. The highest BCUT2D eigenvalue weighted by Gasteiger charge is 2.28. The SMILES string of the molecule is Cc1ccc([N+](=O)[O-])cc1S(=O)(=O)N1CCCCCC1. The maximum absolute atomic E-state index is 12.6. The molecule has 0 atom stereocenters. The van der Waals surface area contributed by atoms with Crippen LogP contribution in [0.15, 0.2) is 23.1 Å². The molecule has 6 nitrogen and oxygen atoms in total. The molecule has 1 aromatic rings. The lowest BCUT2D eigenvalue weighted by molar-refractivity contribution is -0.385. The molecule has 110 valence electrons. The van der Waals surface area contributed by atoms with E-state index in [4.69, 9.17) is 0 Å². The van der Waals surface area contributed by atoms with Gasteiger partial charge in [0.25, 0.3) is 5.69 Å². The van der Waals surface area contributed by atoms with Crippen molar-refractivity contribution in [1.82, 2.24) is 4.31 Å². The van der Waals surface area contributed by atoms with Crippen LogP contribution in [0.25, 0.3) is 0 Å². The molecule has 0 amide bonds. The van der Waals surface area contributed by atoms with Crippen molar-refractivity contribution in [3.8, 4) is 0 Å². The molecule has 1 aliphatic rings. The van der Waals surface area contributed by atoms with Crippen molar-refractivity contribution in [2.24, 2.45) is 0 Å². The van der Waals surface area contributed by atoms with E-state index in [2.05, 4.69) is 0 Å². The van der Waals surface area contributed by atoms with Gasteiger partial charge in [-0.1, -0.05) is 18.9 Å². The van der Waals surface area contributed by atoms with Crippen LogP contribution in [0.4, 0.5) is 5.69 Å². The van der Waals surface area contributed by atoms with Crippen LogP contribution in [0.5, 0.6) is 0 Å². The van der Waals surface area contributed by atoms with Crippen LogP contribution in [-0.2, 0) is 10.0 Å². The Morgan fingerprint density at radius 1 is 1.15 bits per heavy atom. The number of sulfonamides is 1. The van der Waals surface area contributed by atoms with Crippen LogP contribution in [-0.4, -0.2) is 30.7 Å². The third-order valence-corrected chi connectivity index (χ3v) is 5.61. The van der Waals surface area contributed by atoms with Crippen LogP contribution < -0.4 is 0 Å². The molecule has 20 heavy (non-hydrogen) atoms. The van der Waals surface area contributed by atoms with Crippen molar-refractivity contribution < 1.29 is 13.3 Å². The van der Waals surface area contributed by atoms with Crippen molar-refractivity contribution in [2.45, 2.75) is 37.5 Å². The Kier molecular flexibility index (Phi) is 4.39. The maximum Gasteiger partial charge on any atom is 0.270 e. The molecule has 0 radical (unpaired) electrons. The van der Waals surface area contributed by atoms with Gasteiger partial charge in [0.1, 0.15) is 0 Å².